The van der Waals surface area contributed by atoms with Crippen molar-refractivity contribution < 1.29 is 0 Å². The maximum absolute atomic E-state index is 2.53. The second kappa shape index (κ2) is 11.1. The van der Waals surface area contributed by atoms with Gasteiger partial charge in [-0.25, -0.2) is 0 Å². The van der Waals surface area contributed by atoms with Gasteiger partial charge in [0.05, 0.1) is 0 Å². The van der Waals surface area contributed by atoms with E-state index in [0.717, 1.165) is 0 Å². The van der Waals surface area contributed by atoms with E-state index in [9.17, 15) is 0 Å². The maximum Gasteiger partial charge on any atom is -0.000697 e. The lowest BCUT2D eigenvalue weighted by molar-refractivity contribution is 1.32. The van der Waals surface area contributed by atoms with Gasteiger partial charge < -0.3 is 0 Å². The van der Waals surface area contributed by atoms with Gasteiger partial charge >= 0.3 is 0 Å². The predicted octanol–water partition coefficient (Wildman–Crippen LogP) is 15.7. The molecular formula is C55H36. The highest BCUT2D eigenvalue weighted by Gasteiger charge is 2.28. The molecule has 0 heterocycles. The van der Waals surface area contributed by atoms with E-state index in [2.05, 4.69) is 185 Å². The molecule has 0 unspecified atom stereocenters. The summed E-state index contributed by atoms with van der Waals surface area (Å²) in [5.41, 5.74) is 11.7. The topological polar surface area (TPSA) is 0 Å². The molecule has 0 atom stereocenters. The van der Waals surface area contributed by atoms with Gasteiger partial charge in [0.1, 0.15) is 0 Å². The first kappa shape index (κ1) is 30.7. The van der Waals surface area contributed by atoms with E-state index in [0.29, 0.717) is 0 Å². The average Bonchev–Trinajstić information content (AvgIpc) is 3.71. The van der Waals surface area contributed by atoms with Crippen LogP contribution in [0.1, 0.15) is 16.7 Å². The zero-order valence-electron chi connectivity index (χ0n) is 31.1. The molecule has 12 aromatic carbocycles. The van der Waals surface area contributed by atoms with Crippen molar-refractivity contribution >= 4 is 86.2 Å². The smallest absolute Gasteiger partial charge is 0.000697 e. The van der Waals surface area contributed by atoms with Crippen molar-refractivity contribution in [1.82, 2.24) is 0 Å². The van der Waals surface area contributed by atoms with Gasteiger partial charge in [-0.05, 0) is 164 Å². The fourth-order valence-electron chi connectivity index (χ4n) is 10.6. The molecule has 0 N–H and O–H groups in total. The number of rotatable bonds is 3. The Morgan fingerprint density at radius 2 is 0.836 bits per heavy atom. The Morgan fingerprint density at radius 3 is 1.56 bits per heavy atom. The van der Waals surface area contributed by atoms with Crippen LogP contribution in [0, 0.1) is 20.8 Å². The molecule has 0 nitrogen and oxygen atoms in total. The molecule has 0 aliphatic heterocycles. The Kier molecular flexibility index (Phi) is 6.21. The standard InChI is InChI=1S/C55H36/c1-31-27-32(2)47(33(3)28-31)42-25-26-43-53-45(29-36-19-10-11-20-37(36)51(42)53)55-49(35-17-8-5-9-18-35)52-41-24-14-23-40-38-21-12-13-22-39(38)44(50(40)41)30-46(52)48(54(43)55)34-15-6-4-7-16-34/h4-30H,1-3H3. The SMILES string of the molecule is Cc1cc(C)c(-c2ccc3c4c(-c5ccccc5)c5cc6c7ccccc7c7cccc(c5c(-c5ccccc5)c4c4cc5ccccc5c2c34)c76)c(C)c1. The molecule has 0 radical (unpaired) electrons. The Balaban J connectivity index is 1.43. The van der Waals surface area contributed by atoms with Gasteiger partial charge in [-0.3, -0.25) is 0 Å². The van der Waals surface area contributed by atoms with Crippen molar-refractivity contribution in [3.05, 3.63) is 180 Å². The number of hydrogen-bond donors (Lipinski definition) is 0. The number of aryl methyl sites for hydroxylation is 3. The highest BCUT2D eigenvalue weighted by atomic mass is 14.3. The summed E-state index contributed by atoms with van der Waals surface area (Å²) in [7, 11) is 0. The minimum atomic E-state index is 1.25. The lowest BCUT2D eigenvalue weighted by Gasteiger charge is -2.19. The molecule has 0 heteroatoms. The third-order valence-electron chi connectivity index (χ3n) is 12.6. The van der Waals surface area contributed by atoms with Crippen LogP contribution in [0.25, 0.3) is 120 Å². The van der Waals surface area contributed by atoms with Crippen LogP contribution < -0.4 is 0 Å². The summed E-state index contributed by atoms with van der Waals surface area (Å²) in [5, 5.41) is 21.2. The molecule has 0 amide bonds. The van der Waals surface area contributed by atoms with Gasteiger partial charge in [-0.1, -0.05) is 157 Å². The predicted molar refractivity (Wildman–Crippen MR) is 239 cm³/mol. The monoisotopic (exact) mass is 696 g/mol. The van der Waals surface area contributed by atoms with E-state index >= 15 is 0 Å². The Morgan fingerprint density at radius 1 is 0.273 bits per heavy atom. The van der Waals surface area contributed by atoms with Crippen LogP contribution in [0.4, 0.5) is 0 Å². The molecule has 0 saturated carbocycles. The summed E-state index contributed by atoms with van der Waals surface area (Å²) in [6.07, 6.45) is 0. The maximum atomic E-state index is 2.53. The summed E-state index contributed by atoms with van der Waals surface area (Å²) in [6, 6.07) is 61.9. The first-order chi connectivity index (χ1) is 27.1. The van der Waals surface area contributed by atoms with E-state index < -0.39 is 0 Å². The molecule has 55 heavy (non-hydrogen) atoms. The lowest BCUT2D eigenvalue weighted by atomic mass is 9.84. The molecular weight excluding hydrogens is 661 g/mol. The quantitative estimate of drug-likeness (QED) is 0.161. The molecule has 12 aromatic rings. The molecule has 12 rings (SSSR count). The Bertz CT molecular complexity index is 3510. The minimum Gasteiger partial charge on any atom is -0.0622 e. The van der Waals surface area contributed by atoms with Crippen LogP contribution >= 0.6 is 0 Å². The van der Waals surface area contributed by atoms with Gasteiger partial charge in [-0.2, -0.15) is 0 Å². The zero-order chi connectivity index (χ0) is 36.5. The van der Waals surface area contributed by atoms with Crippen LogP contribution in [-0.4, -0.2) is 0 Å². The van der Waals surface area contributed by atoms with Crippen molar-refractivity contribution in [2.45, 2.75) is 20.8 Å². The summed E-state index contributed by atoms with van der Waals surface area (Å²) in [5.74, 6) is 0. The van der Waals surface area contributed by atoms with Crippen LogP contribution in [0.5, 0.6) is 0 Å². The third-order valence-corrected chi connectivity index (χ3v) is 12.6. The van der Waals surface area contributed by atoms with E-state index in [-0.39, 0.29) is 0 Å². The highest BCUT2D eigenvalue weighted by Crippen LogP contribution is 2.56. The second-order valence-electron chi connectivity index (χ2n) is 15.7. The Hall–Kier alpha value is -6.76. The molecule has 0 aliphatic carbocycles. The second-order valence-corrected chi connectivity index (χ2v) is 15.7. The van der Waals surface area contributed by atoms with E-state index in [1.165, 1.54) is 136 Å². The van der Waals surface area contributed by atoms with E-state index in [4.69, 9.17) is 0 Å². The summed E-state index contributed by atoms with van der Waals surface area (Å²) in [4.78, 5) is 0. The molecule has 256 valence electrons. The number of benzene rings is 10. The largest absolute Gasteiger partial charge is 0.0622 e. The summed E-state index contributed by atoms with van der Waals surface area (Å²) >= 11 is 0. The van der Waals surface area contributed by atoms with Gasteiger partial charge in [0, 0.05) is 0 Å². The first-order valence-corrected chi connectivity index (χ1v) is 19.4. The molecule has 0 fully saturated rings. The third kappa shape index (κ3) is 4.06. The number of fused-ring (bicyclic) bond motifs is 10. The van der Waals surface area contributed by atoms with Gasteiger partial charge in [0.25, 0.3) is 0 Å². The van der Waals surface area contributed by atoms with Gasteiger partial charge in [0.15, 0.2) is 0 Å². The zero-order valence-corrected chi connectivity index (χ0v) is 31.1. The lowest BCUT2D eigenvalue weighted by Crippen LogP contribution is -1.92. The van der Waals surface area contributed by atoms with Crippen LogP contribution in [0.3, 0.4) is 0 Å². The molecule has 0 saturated heterocycles. The Labute approximate surface area is 319 Å². The van der Waals surface area contributed by atoms with Gasteiger partial charge in [-0.15, -0.1) is 0 Å². The first-order valence-electron chi connectivity index (χ1n) is 19.4. The molecule has 0 bridgehead atoms. The van der Waals surface area contributed by atoms with Crippen molar-refractivity contribution in [3.8, 4) is 33.4 Å². The van der Waals surface area contributed by atoms with Crippen molar-refractivity contribution in [2.24, 2.45) is 0 Å². The van der Waals surface area contributed by atoms with Crippen LogP contribution in [0.15, 0.2) is 164 Å². The minimum absolute atomic E-state index is 1.25. The summed E-state index contributed by atoms with van der Waals surface area (Å²) in [6.45, 7) is 6.77. The van der Waals surface area contributed by atoms with E-state index in [1.807, 2.05) is 0 Å². The van der Waals surface area contributed by atoms with E-state index in [1.54, 1.807) is 0 Å². The number of hydrogen-bond acceptors (Lipinski definition) is 0. The van der Waals surface area contributed by atoms with Crippen LogP contribution in [-0.2, 0) is 0 Å². The fourth-order valence-corrected chi connectivity index (χ4v) is 10.6. The normalized spacial score (nSPS) is 12.3. The van der Waals surface area contributed by atoms with Crippen molar-refractivity contribution in [1.29, 1.82) is 0 Å². The van der Waals surface area contributed by atoms with Crippen molar-refractivity contribution in [2.75, 3.05) is 0 Å². The molecule has 0 aromatic heterocycles. The van der Waals surface area contributed by atoms with Crippen molar-refractivity contribution in [3.63, 3.8) is 0 Å². The fraction of sp³-hybridized carbons (Fsp3) is 0.0545. The van der Waals surface area contributed by atoms with Crippen LogP contribution in [0.2, 0.25) is 0 Å². The average molecular weight is 697 g/mol. The molecule has 0 aliphatic rings. The molecule has 0 spiro atoms. The summed E-state index contributed by atoms with van der Waals surface area (Å²) < 4.78 is 0. The van der Waals surface area contributed by atoms with Gasteiger partial charge in [0.2, 0.25) is 0 Å². The highest BCUT2D eigenvalue weighted by molar-refractivity contribution is 6.46.